The molecule has 3 heterocycles. The van der Waals surface area contributed by atoms with Crippen molar-refractivity contribution in [1.29, 1.82) is 0 Å². The summed E-state index contributed by atoms with van der Waals surface area (Å²) in [7, 11) is 0. The Kier molecular flexibility index (Phi) is 2.96. The van der Waals surface area contributed by atoms with Crippen LogP contribution in [-0.2, 0) is 6.54 Å². The fourth-order valence-corrected chi connectivity index (χ4v) is 4.11. The maximum absolute atomic E-state index is 12.0. The number of amides is 1. The maximum Gasteiger partial charge on any atom is 0.255 e. The first kappa shape index (κ1) is 14.2. The number of carbonyl (C=O) groups is 1. The van der Waals surface area contributed by atoms with Crippen LogP contribution in [0.4, 0.5) is 0 Å². The first-order valence-corrected chi connectivity index (χ1v) is 8.76. The minimum Gasteiger partial charge on any atom is -0.507 e. The van der Waals surface area contributed by atoms with Gasteiger partial charge >= 0.3 is 0 Å². The Morgan fingerprint density at radius 3 is 2.92 bits per heavy atom. The number of nitrogens with zero attached hydrogens (tertiary/aromatic N) is 1. The lowest BCUT2D eigenvalue weighted by Crippen LogP contribution is -2.12. The number of phenolic OH excluding ortho intramolecular Hbond substituents is 1. The van der Waals surface area contributed by atoms with Crippen molar-refractivity contribution in [3.63, 3.8) is 0 Å². The molecule has 2 aromatic heterocycles. The zero-order valence-electron chi connectivity index (χ0n) is 13.0. The number of nitrogens with one attached hydrogen (secondary N) is 2. The highest BCUT2D eigenvalue weighted by molar-refractivity contribution is 7.13. The number of hydrogen-bond donors (Lipinski definition) is 3. The molecule has 6 heteroatoms. The summed E-state index contributed by atoms with van der Waals surface area (Å²) < 4.78 is 0. The molecule has 0 fully saturated rings. The molecule has 0 unspecified atom stereocenters. The van der Waals surface area contributed by atoms with Gasteiger partial charge in [0, 0.05) is 11.9 Å². The third-order valence-corrected chi connectivity index (χ3v) is 5.45. The second-order valence-electron chi connectivity index (χ2n) is 5.98. The number of H-pyrrole nitrogens is 1. The van der Waals surface area contributed by atoms with Crippen LogP contribution in [0.1, 0.15) is 15.9 Å². The van der Waals surface area contributed by atoms with E-state index >= 15 is 0 Å². The molecule has 4 aromatic rings. The predicted octanol–water partition coefficient (Wildman–Crippen LogP) is 3.91. The van der Waals surface area contributed by atoms with Crippen molar-refractivity contribution in [3.8, 4) is 27.4 Å². The molecule has 0 saturated heterocycles. The first-order chi connectivity index (χ1) is 12.2. The minimum atomic E-state index is -0.224. The highest BCUT2D eigenvalue weighted by atomic mass is 32.1. The van der Waals surface area contributed by atoms with Gasteiger partial charge in [-0.2, -0.15) is 5.10 Å². The van der Waals surface area contributed by atoms with Gasteiger partial charge in [0.05, 0.1) is 16.0 Å². The Morgan fingerprint density at radius 2 is 2.08 bits per heavy atom. The lowest BCUT2D eigenvalue weighted by Gasteiger charge is -2.09. The normalized spacial score (nSPS) is 13.2. The van der Waals surface area contributed by atoms with Crippen molar-refractivity contribution < 1.29 is 9.90 Å². The number of phenols is 1. The number of aromatic nitrogens is 2. The molecule has 5 rings (SSSR count). The van der Waals surface area contributed by atoms with Crippen LogP contribution in [0.25, 0.3) is 32.6 Å². The molecule has 1 amide bonds. The Labute approximate surface area is 146 Å². The molecule has 0 aliphatic carbocycles. The third kappa shape index (κ3) is 2.08. The van der Waals surface area contributed by atoms with Crippen molar-refractivity contribution in [3.05, 3.63) is 59.0 Å². The van der Waals surface area contributed by atoms with Gasteiger partial charge in [-0.15, -0.1) is 11.3 Å². The molecule has 0 radical (unpaired) electrons. The minimum absolute atomic E-state index is 0.0254. The van der Waals surface area contributed by atoms with E-state index in [0.717, 1.165) is 38.2 Å². The molecule has 0 saturated carbocycles. The number of hydrogen-bond acceptors (Lipinski definition) is 4. The molecule has 5 nitrogen and oxygen atoms in total. The molecular weight excluding hydrogens is 334 g/mol. The van der Waals surface area contributed by atoms with Gasteiger partial charge in [0.15, 0.2) is 0 Å². The molecule has 2 aromatic carbocycles. The van der Waals surface area contributed by atoms with Gasteiger partial charge < -0.3 is 10.4 Å². The number of rotatable bonds is 2. The van der Waals surface area contributed by atoms with Crippen LogP contribution < -0.4 is 5.32 Å². The smallest absolute Gasteiger partial charge is 0.255 e. The highest BCUT2D eigenvalue weighted by Gasteiger charge is 2.26. The van der Waals surface area contributed by atoms with E-state index < -0.39 is 0 Å². The molecule has 0 bridgehead atoms. The van der Waals surface area contributed by atoms with E-state index in [0.29, 0.717) is 12.1 Å². The van der Waals surface area contributed by atoms with E-state index in [1.165, 1.54) is 0 Å². The second kappa shape index (κ2) is 5.19. The number of aromatic amines is 1. The molecular formula is C19H13N3O2S. The summed E-state index contributed by atoms with van der Waals surface area (Å²) in [6.07, 6.45) is 0. The van der Waals surface area contributed by atoms with Crippen molar-refractivity contribution in [2.24, 2.45) is 0 Å². The summed E-state index contributed by atoms with van der Waals surface area (Å²) in [5.41, 5.74) is 5.06. The first-order valence-electron chi connectivity index (χ1n) is 7.88. The average Bonchev–Trinajstić information content (AvgIpc) is 3.34. The predicted molar refractivity (Wildman–Crippen MR) is 97.7 cm³/mol. The SMILES string of the molecule is O=C1NCc2c(-c3ccc4[nH]nc(-c5cccs5)c4c3)ccc(O)c21. The second-order valence-corrected chi connectivity index (χ2v) is 6.93. The molecule has 0 spiro atoms. The fourth-order valence-electron chi connectivity index (χ4n) is 3.38. The van der Waals surface area contributed by atoms with E-state index in [1.807, 2.05) is 35.7 Å². The fraction of sp³-hybridized carbons (Fsp3) is 0.0526. The number of aromatic hydroxyl groups is 1. The molecule has 25 heavy (non-hydrogen) atoms. The lowest BCUT2D eigenvalue weighted by atomic mass is 9.95. The number of thiophene rings is 1. The van der Waals surface area contributed by atoms with E-state index in [2.05, 4.69) is 21.6 Å². The van der Waals surface area contributed by atoms with Crippen LogP contribution in [0.15, 0.2) is 47.8 Å². The molecule has 1 aliphatic rings. The average molecular weight is 347 g/mol. The maximum atomic E-state index is 12.0. The number of fused-ring (bicyclic) bond motifs is 2. The largest absolute Gasteiger partial charge is 0.507 e. The van der Waals surface area contributed by atoms with Crippen LogP contribution in [0.3, 0.4) is 0 Å². The summed E-state index contributed by atoms with van der Waals surface area (Å²) in [4.78, 5) is 13.1. The molecule has 0 atom stereocenters. The summed E-state index contributed by atoms with van der Waals surface area (Å²) in [6, 6.07) is 13.6. The van der Waals surface area contributed by atoms with Gasteiger partial charge in [-0.3, -0.25) is 9.89 Å². The highest BCUT2D eigenvalue weighted by Crippen LogP contribution is 2.37. The van der Waals surface area contributed by atoms with Crippen LogP contribution in [0.2, 0.25) is 0 Å². The van der Waals surface area contributed by atoms with Gasteiger partial charge in [-0.05, 0) is 46.3 Å². The van der Waals surface area contributed by atoms with E-state index in [-0.39, 0.29) is 11.7 Å². The standard InChI is InChI=1S/C19H13N3O2S/c23-15-6-4-11(13-9-20-19(24)17(13)15)10-3-5-14-12(8-10)18(22-21-14)16-2-1-7-25-16/h1-8,23H,9H2,(H,20,24)(H,21,22). The summed E-state index contributed by atoms with van der Waals surface area (Å²) in [5.74, 6) is -0.199. The third-order valence-electron chi connectivity index (χ3n) is 4.57. The zero-order valence-corrected chi connectivity index (χ0v) is 13.9. The summed E-state index contributed by atoms with van der Waals surface area (Å²) in [5, 5.41) is 23.4. The number of benzene rings is 2. The van der Waals surface area contributed by atoms with Crippen LogP contribution in [-0.4, -0.2) is 21.2 Å². The quantitative estimate of drug-likeness (QED) is 0.514. The molecule has 3 N–H and O–H groups in total. The lowest BCUT2D eigenvalue weighted by molar-refractivity contribution is 0.0963. The topological polar surface area (TPSA) is 78.0 Å². The van der Waals surface area contributed by atoms with Gasteiger partial charge in [0.1, 0.15) is 11.4 Å². The van der Waals surface area contributed by atoms with Gasteiger partial charge in [-0.25, -0.2) is 0 Å². The Morgan fingerprint density at radius 1 is 1.16 bits per heavy atom. The van der Waals surface area contributed by atoms with Crippen molar-refractivity contribution in [1.82, 2.24) is 15.5 Å². The van der Waals surface area contributed by atoms with Gasteiger partial charge in [0.25, 0.3) is 5.91 Å². The van der Waals surface area contributed by atoms with Gasteiger partial charge in [0.2, 0.25) is 0 Å². The van der Waals surface area contributed by atoms with Crippen LogP contribution in [0.5, 0.6) is 5.75 Å². The zero-order chi connectivity index (χ0) is 17.0. The van der Waals surface area contributed by atoms with Crippen molar-refractivity contribution in [2.45, 2.75) is 6.54 Å². The Bertz CT molecular complexity index is 1130. The Hall–Kier alpha value is -3.12. The van der Waals surface area contributed by atoms with Crippen molar-refractivity contribution in [2.75, 3.05) is 0 Å². The van der Waals surface area contributed by atoms with E-state index in [1.54, 1.807) is 17.4 Å². The molecule has 122 valence electrons. The summed E-state index contributed by atoms with van der Waals surface area (Å²) in [6.45, 7) is 0.430. The van der Waals surface area contributed by atoms with Crippen LogP contribution >= 0.6 is 11.3 Å². The number of carbonyl (C=O) groups excluding carboxylic acids is 1. The van der Waals surface area contributed by atoms with E-state index in [4.69, 9.17) is 0 Å². The van der Waals surface area contributed by atoms with Crippen molar-refractivity contribution >= 4 is 28.1 Å². The Balaban J connectivity index is 1.73. The monoisotopic (exact) mass is 347 g/mol. The molecule has 1 aliphatic heterocycles. The van der Waals surface area contributed by atoms with Gasteiger partial charge in [-0.1, -0.05) is 18.2 Å². The summed E-state index contributed by atoms with van der Waals surface area (Å²) >= 11 is 1.65. The van der Waals surface area contributed by atoms with E-state index in [9.17, 15) is 9.90 Å². The van der Waals surface area contributed by atoms with Crippen LogP contribution in [0, 0.1) is 0 Å².